The van der Waals surface area contributed by atoms with Crippen LogP contribution in [0.3, 0.4) is 0 Å². The molecule has 5 nitrogen and oxygen atoms in total. The first-order valence-electron chi connectivity index (χ1n) is 9.01. The average molecular weight is 368 g/mol. The first-order valence-corrected chi connectivity index (χ1v) is 9.01. The van der Waals surface area contributed by atoms with Gasteiger partial charge in [0, 0.05) is 0 Å². The number of rotatable bonds is 4. The largest absolute Gasteiger partial charge is 0.460 e. The molecule has 1 aliphatic rings. The number of benzene rings is 2. The van der Waals surface area contributed by atoms with Gasteiger partial charge in [0.25, 0.3) is 0 Å². The fourth-order valence-electron chi connectivity index (χ4n) is 3.01. The van der Waals surface area contributed by atoms with Crippen molar-refractivity contribution in [3.8, 4) is 0 Å². The van der Waals surface area contributed by atoms with Gasteiger partial charge in [0.15, 0.2) is 12.2 Å². The Hall–Kier alpha value is -2.66. The summed E-state index contributed by atoms with van der Waals surface area (Å²) in [5.74, 6) is -1.05. The SMILES string of the molecule is CC(C)(C)OC(=O)C[C@H]1O[C@H](c2ccccc2)[C@H](c2ccccc2)OC1=O. The summed E-state index contributed by atoms with van der Waals surface area (Å²) in [6, 6.07) is 19.0. The molecule has 2 aromatic carbocycles. The smallest absolute Gasteiger partial charge is 0.336 e. The van der Waals surface area contributed by atoms with E-state index in [1.165, 1.54) is 0 Å². The molecule has 2 aromatic rings. The van der Waals surface area contributed by atoms with Gasteiger partial charge in [-0.3, -0.25) is 4.79 Å². The Balaban J connectivity index is 1.83. The molecule has 0 saturated carbocycles. The summed E-state index contributed by atoms with van der Waals surface area (Å²) in [6.45, 7) is 5.34. The van der Waals surface area contributed by atoms with Crippen LogP contribution in [0.2, 0.25) is 0 Å². The zero-order valence-electron chi connectivity index (χ0n) is 15.8. The number of esters is 2. The number of carbonyl (C=O) groups excluding carboxylic acids is 2. The van der Waals surface area contributed by atoms with Crippen LogP contribution in [-0.2, 0) is 23.8 Å². The summed E-state index contributed by atoms with van der Waals surface area (Å²) in [6.07, 6.45) is -2.25. The molecule has 3 rings (SSSR count). The number of ether oxygens (including phenoxy) is 3. The molecule has 0 bridgehead atoms. The lowest BCUT2D eigenvalue weighted by atomic mass is 9.96. The van der Waals surface area contributed by atoms with E-state index in [4.69, 9.17) is 14.2 Å². The van der Waals surface area contributed by atoms with Crippen LogP contribution in [0.5, 0.6) is 0 Å². The molecule has 142 valence electrons. The Kier molecular flexibility index (Phi) is 5.61. The monoisotopic (exact) mass is 368 g/mol. The second-order valence-electron chi connectivity index (χ2n) is 7.51. The molecule has 0 spiro atoms. The highest BCUT2D eigenvalue weighted by Gasteiger charge is 2.41. The van der Waals surface area contributed by atoms with E-state index in [1.807, 2.05) is 60.7 Å². The molecule has 0 N–H and O–H groups in total. The van der Waals surface area contributed by atoms with Crippen LogP contribution in [0.25, 0.3) is 0 Å². The summed E-state index contributed by atoms with van der Waals surface area (Å²) < 4.78 is 17.1. The van der Waals surface area contributed by atoms with Crippen molar-refractivity contribution in [3.63, 3.8) is 0 Å². The van der Waals surface area contributed by atoms with Gasteiger partial charge in [-0.2, -0.15) is 0 Å². The lowest BCUT2D eigenvalue weighted by molar-refractivity contribution is -0.207. The highest BCUT2D eigenvalue weighted by molar-refractivity contribution is 5.82. The molecule has 0 amide bonds. The van der Waals surface area contributed by atoms with Crippen LogP contribution < -0.4 is 0 Å². The summed E-state index contributed by atoms with van der Waals surface area (Å²) in [5.41, 5.74) is 1.10. The molecular weight excluding hydrogens is 344 g/mol. The molecule has 0 radical (unpaired) electrons. The molecule has 1 aliphatic heterocycles. The summed E-state index contributed by atoms with van der Waals surface area (Å²) in [5, 5.41) is 0. The molecule has 1 heterocycles. The standard InChI is InChI=1S/C22H24O5/c1-22(2,3)27-18(23)14-17-21(24)26-20(16-12-8-5-9-13-16)19(25-17)15-10-6-4-7-11-15/h4-13,17,19-20H,14H2,1-3H3/t17-,19-,20+/m1/s1. The van der Waals surface area contributed by atoms with Crippen molar-refractivity contribution in [1.82, 2.24) is 0 Å². The Morgan fingerprint density at radius 2 is 1.44 bits per heavy atom. The van der Waals surface area contributed by atoms with E-state index in [1.54, 1.807) is 20.8 Å². The maximum absolute atomic E-state index is 12.5. The van der Waals surface area contributed by atoms with E-state index in [0.717, 1.165) is 11.1 Å². The summed E-state index contributed by atoms with van der Waals surface area (Å²) in [7, 11) is 0. The van der Waals surface area contributed by atoms with Crippen molar-refractivity contribution in [2.75, 3.05) is 0 Å². The lowest BCUT2D eigenvalue weighted by Crippen LogP contribution is -2.40. The third kappa shape index (κ3) is 4.95. The Morgan fingerprint density at radius 1 is 0.926 bits per heavy atom. The van der Waals surface area contributed by atoms with Gasteiger partial charge in [0.05, 0.1) is 6.42 Å². The maximum Gasteiger partial charge on any atom is 0.336 e. The van der Waals surface area contributed by atoms with E-state index in [2.05, 4.69) is 0 Å². The zero-order valence-corrected chi connectivity index (χ0v) is 15.8. The normalized spacial score (nSPS) is 22.8. The van der Waals surface area contributed by atoms with Crippen molar-refractivity contribution in [2.45, 2.75) is 51.1 Å². The van der Waals surface area contributed by atoms with E-state index in [-0.39, 0.29) is 6.42 Å². The van der Waals surface area contributed by atoms with E-state index < -0.39 is 35.9 Å². The van der Waals surface area contributed by atoms with E-state index in [0.29, 0.717) is 0 Å². The fraction of sp³-hybridized carbons (Fsp3) is 0.364. The van der Waals surface area contributed by atoms with Gasteiger partial charge >= 0.3 is 11.9 Å². The van der Waals surface area contributed by atoms with Gasteiger partial charge < -0.3 is 14.2 Å². The van der Waals surface area contributed by atoms with Gasteiger partial charge in [-0.1, -0.05) is 60.7 Å². The van der Waals surface area contributed by atoms with Crippen LogP contribution in [0.1, 0.15) is 50.5 Å². The first kappa shape index (κ1) is 19.1. The Morgan fingerprint density at radius 3 is 1.96 bits per heavy atom. The van der Waals surface area contributed by atoms with Crippen LogP contribution in [-0.4, -0.2) is 23.6 Å². The third-order valence-electron chi connectivity index (χ3n) is 4.12. The van der Waals surface area contributed by atoms with Gasteiger partial charge in [-0.05, 0) is 31.9 Å². The quantitative estimate of drug-likeness (QED) is 0.759. The minimum atomic E-state index is -0.995. The molecule has 1 saturated heterocycles. The van der Waals surface area contributed by atoms with E-state index in [9.17, 15) is 9.59 Å². The molecule has 5 heteroatoms. The molecule has 0 unspecified atom stereocenters. The Labute approximate surface area is 159 Å². The number of hydrogen-bond donors (Lipinski definition) is 0. The highest BCUT2D eigenvalue weighted by Crippen LogP contribution is 2.40. The van der Waals surface area contributed by atoms with Crippen LogP contribution in [0, 0.1) is 0 Å². The average Bonchev–Trinajstić information content (AvgIpc) is 2.63. The first-order chi connectivity index (χ1) is 12.8. The topological polar surface area (TPSA) is 61.8 Å². The molecule has 1 fully saturated rings. The van der Waals surface area contributed by atoms with Gasteiger partial charge in [-0.15, -0.1) is 0 Å². The third-order valence-corrected chi connectivity index (χ3v) is 4.12. The van der Waals surface area contributed by atoms with Gasteiger partial charge in [0.1, 0.15) is 11.7 Å². The molecule has 0 aromatic heterocycles. The van der Waals surface area contributed by atoms with Crippen molar-refractivity contribution in [1.29, 1.82) is 0 Å². The minimum Gasteiger partial charge on any atom is -0.460 e. The predicted octanol–water partition coefficient (Wildman–Crippen LogP) is 4.14. The second kappa shape index (κ2) is 7.92. The molecular formula is C22H24O5. The summed E-state index contributed by atoms with van der Waals surface area (Å²) >= 11 is 0. The molecule has 3 atom stereocenters. The highest BCUT2D eigenvalue weighted by atomic mass is 16.6. The zero-order chi connectivity index (χ0) is 19.4. The summed E-state index contributed by atoms with van der Waals surface area (Å²) in [4.78, 5) is 24.7. The number of hydrogen-bond acceptors (Lipinski definition) is 5. The van der Waals surface area contributed by atoms with Crippen LogP contribution >= 0.6 is 0 Å². The van der Waals surface area contributed by atoms with Crippen molar-refractivity contribution < 1.29 is 23.8 Å². The number of cyclic esters (lactones) is 1. The number of carbonyl (C=O) groups is 2. The minimum absolute atomic E-state index is 0.180. The molecule has 0 aliphatic carbocycles. The van der Waals surface area contributed by atoms with Gasteiger partial charge in [-0.25, -0.2) is 4.79 Å². The van der Waals surface area contributed by atoms with E-state index >= 15 is 0 Å². The molecule has 27 heavy (non-hydrogen) atoms. The van der Waals surface area contributed by atoms with Crippen LogP contribution in [0.4, 0.5) is 0 Å². The van der Waals surface area contributed by atoms with Crippen LogP contribution in [0.15, 0.2) is 60.7 Å². The second-order valence-corrected chi connectivity index (χ2v) is 7.51. The van der Waals surface area contributed by atoms with Gasteiger partial charge in [0.2, 0.25) is 0 Å². The van der Waals surface area contributed by atoms with Crippen molar-refractivity contribution in [2.24, 2.45) is 0 Å². The van der Waals surface area contributed by atoms with Crippen molar-refractivity contribution >= 4 is 11.9 Å². The fourth-order valence-corrected chi connectivity index (χ4v) is 3.01. The predicted molar refractivity (Wildman–Crippen MR) is 99.8 cm³/mol. The van der Waals surface area contributed by atoms with Crippen molar-refractivity contribution in [3.05, 3.63) is 71.8 Å². The lowest BCUT2D eigenvalue weighted by Gasteiger charge is -2.36. The Bertz CT molecular complexity index is 779. The maximum atomic E-state index is 12.5.